The van der Waals surface area contributed by atoms with Gasteiger partial charge < -0.3 is 5.32 Å². The van der Waals surface area contributed by atoms with E-state index in [9.17, 15) is 0 Å². The smallest absolute Gasteiger partial charge is 0.0206 e. The topological polar surface area (TPSA) is 12.0 Å². The van der Waals surface area contributed by atoms with Crippen LogP contribution in [0.2, 0.25) is 0 Å². The van der Waals surface area contributed by atoms with E-state index in [0.717, 1.165) is 13.1 Å². The van der Waals surface area contributed by atoms with Crippen molar-refractivity contribution in [3.63, 3.8) is 0 Å². The molecule has 0 aliphatic carbocycles. The molecule has 17 heavy (non-hydrogen) atoms. The lowest BCUT2D eigenvalue weighted by atomic mass is 10.2. The minimum Gasteiger partial charge on any atom is -0.312 e. The molecule has 0 radical (unpaired) electrons. The summed E-state index contributed by atoms with van der Waals surface area (Å²) in [6.45, 7) is 6.54. The molecule has 0 atom stereocenters. The molecular formula is C14H23NS2. The number of rotatable bonds is 8. The molecule has 0 fully saturated rings. The monoisotopic (exact) mass is 269 g/mol. The van der Waals surface area contributed by atoms with Crippen molar-refractivity contribution in [1.82, 2.24) is 5.32 Å². The first-order chi connectivity index (χ1) is 8.22. The van der Waals surface area contributed by atoms with Crippen molar-refractivity contribution in [1.29, 1.82) is 0 Å². The largest absolute Gasteiger partial charge is 0.312 e. The third-order valence-corrected chi connectivity index (χ3v) is 4.20. The standard InChI is InChI=1S/C14H23NS2/c1-12(2)10-15-11-13-5-4-6-14(9-13)17-8-7-16-3/h4-6,9,12,15H,7-8,10-11H2,1-3H3. The van der Waals surface area contributed by atoms with Crippen molar-refractivity contribution < 1.29 is 0 Å². The second-order valence-electron chi connectivity index (χ2n) is 4.51. The van der Waals surface area contributed by atoms with E-state index in [4.69, 9.17) is 0 Å². The Bertz CT molecular complexity index is 313. The predicted molar refractivity (Wildman–Crippen MR) is 82.1 cm³/mol. The summed E-state index contributed by atoms with van der Waals surface area (Å²) in [5, 5.41) is 3.48. The molecule has 0 unspecified atom stereocenters. The maximum atomic E-state index is 3.48. The van der Waals surface area contributed by atoms with Gasteiger partial charge in [-0.1, -0.05) is 26.0 Å². The molecule has 0 aromatic heterocycles. The molecule has 0 saturated carbocycles. The van der Waals surface area contributed by atoms with Gasteiger partial charge in [-0.3, -0.25) is 0 Å². The Balaban J connectivity index is 2.37. The summed E-state index contributed by atoms with van der Waals surface area (Å²) in [5.74, 6) is 3.14. The molecule has 0 saturated heterocycles. The molecule has 0 aliphatic rings. The van der Waals surface area contributed by atoms with Crippen molar-refractivity contribution >= 4 is 23.5 Å². The SMILES string of the molecule is CSCCSc1cccc(CNCC(C)C)c1. The van der Waals surface area contributed by atoms with E-state index >= 15 is 0 Å². The molecule has 1 rings (SSSR count). The van der Waals surface area contributed by atoms with Crippen molar-refractivity contribution in [2.24, 2.45) is 5.92 Å². The summed E-state index contributed by atoms with van der Waals surface area (Å²) >= 11 is 3.86. The fourth-order valence-corrected chi connectivity index (χ4v) is 3.14. The van der Waals surface area contributed by atoms with Gasteiger partial charge in [0.2, 0.25) is 0 Å². The predicted octanol–water partition coefficient (Wildman–Crippen LogP) is 3.89. The molecule has 1 aromatic rings. The van der Waals surface area contributed by atoms with Crippen molar-refractivity contribution in [3.05, 3.63) is 29.8 Å². The van der Waals surface area contributed by atoms with Gasteiger partial charge in [0.05, 0.1) is 0 Å². The highest BCUT2D eigenvalue weighted by atomic mass is 32.2. The lowest BCUT2D eigenvalue weighted by Gasteiger charge is -2.08. The van der Waals surface area contributed by atoms with Gasteiger partial charge in [-0.05, 0) is 36.4 Å². The van der Waals surface area contributed by atoms with Gasteiger partial charge in [-0.2, -0.15) is 11.8 Å². The zero-order valence-corrected chi connectivity index (χ0v) is 12.7. The normalized spacial score (nSPS) is 11.1. The van der Waals surface area contributed by atoms with Crippen LogP contribution in [0.3, 0.4) is 0 Å². The molecule has 0 bridgehead atoms. The lowest BCUT2D eigenvalue weighted by molar-refractivity contribution is 0.552. The second-order valence-corrected chi connectivity index (χ2v) is 6.67. The van der Waals surface area contributed by atoms with Crippen LogP contribution in [0.5, 0.6) is 0 Å². The van der Waals surface area contributed by atoms with Crippen LogP contribution in [0.25, 0.3) is 0 Å². The van der Waals surface area contributed by atoms with E-state index < -0.39 is 0 Å². The molecule has 3 heteroatoms. The van der Waals surface area contributed by atoms with Gasteiger partial charge in [0.15, 0.2) is 0 Å². The summed E-state index contributed by atoms with van der Waals surface area (Å²) in [6.07, 6.45) is 2.16. The van der Waals surface area contributed by atoms with E-state index in [1.165, 1.54) is 22.0 Å². The van der Waals surface area contributed by atoms with Crippen molar-refractivity contribution in [2.45, 2.75) is 25.3 Å². The van der Waals surface area contributed by atoms with E-state index in [2.05, 4.69) is 49.7 Å². The molecule has 96 valence electrons. The quantitative estimate of drug-likeness (QED) is 0.568. The maximum Gasteiger partial charge on any atom is 0.0206 e. The molecule has 0 amide bonds. The van der Waals surface area contributed by atoms with Crippen LogP contribution >= 0.6 is 23.5 Å². The van der Waals surface area contributed by atoms with Gasteiger partial charge in [0, 0.05) is 22.9 Å². The van der Waals surface area contributed by atoms with Gasteiger partial charge in [-0.15, -0.1) is 11.8 Å². The Morgan fingerprint density at radius 2 is 2.06 bits per heavy atom. The first kappa shape index (κ1) is 14.9. The van der Waals surface area contributed by atoms with Crippen LogP contribution in [0, 0.1) is 5.92 Å². The fourth-order valence-electron chi connectivity index (χ4n) is 1.49. The second kappa shape index (κ2) is 8.90. The summed E-state index contributed by atoms with van der Waals surface area (Å²) in [5.41, 5.74) is 1.39. The van der Waals surface area contributed by atoms with Crippen molar-refractivity contribution in [2.75, 3.05) is 24.3 Å². The van der Waals surface area contributed by atoms with Crippen LogP contribution in [0.1, 0.15) is 19.4 Å². The van der Waals surface area contributed by atoms with Crippen LogP contribution in [-0.2, 0) is 6.54 Å². The summed E-state index contributed by atoms with van der Waals surface area (Å²) < 4.78 is 0. The van der Waals surface area contributed by atoms with E-state index in [1.54, 1.807) is 0 Å². The number of benzene rings is 1. The van der Waals surface area contributed by atoms with Crippen molar-refractivity contribution in [3.8, 4) is 0 Å². The first-order valence-electron chi connectivity index (χ1n) is 6.13. The molecule has 0 aliphatic heterocycles. The number of nitrogens with one attached hydrogen (secondary N) is 1. The Hall–Kier alpha value is -0.120. The Morgan fingerprint density at radius 1 is 1.24 bits per heavy atom. The van der Waals surface area contributed by atoms with Crippen LogP contribution in [0.4, 0.5) is 0 Å². The average Bonchev–Trinajstić information content (AvgIpc) is 2.29. The lowest BCUT2D eigenvalue weighted by Crippen LogP contribution is -2.18. The van der Waals surface area contributed by atoms with Gasteiger partial charge in [0.25, 0.3) is 0 Å². The molecule has 0 heterocycles. The number of hydrogen-bond donors (Lipinski definition) is 1. The summed E-state index contributed by atoms with van der Waals surface area (Å²) in [6, 6.07) is 8.87. The Kier molecular flexibility index (Phi) is 7.82. The van der Waals surface area contributed by atoms with Crippen LogP contribution in [0.15, 0.2) is 29.2 Å². The van der Waals surface area contributed by atoms with E-state index in [1.807, 2.05) is 23.5 Å². The maximum absolute atomic E-state index is 3.48. The van der Waals surface area contributed by atoms with Gasteiger partial charge in [0.1, 0.15) is 0 Å². The average molecular weight is 269 g/mol. The van der Waals surface area contributed by atoms with Crippen LogP contribution in [-0.4, -0.2) is 24.3 Å². The van der Waals surface area contributed by atoms with Gasteiger partial charge in [-0.25, -0.2) is 0 Å². The minimum atomic E-state index is 0.717. The zero-order chi connectivity index (χ0) is 12.5. The molecule has 1 nitrogen and oxygen atoms in total. The molecule has 1 N–H and O–H groups in total. The summed E-state index contributed by atoms with van der Waals surface area (Å²) in [7, 11) is 0. The highest BCUT2D eigenvalue weighted by Gasteiger charge is 1.98. The number of hydrogen-bond acceptors (Lipinski definition) is 3. The zero-order valence-electron chi connectivity index (χ0n) is 11.0. The fraction of sp³-hybridized carbons (Fsp3) is 0.571. The molecular weight excluding hydrogens is 246 g/mol. The van der Waals surface area contributed by atoms with E-state index in [0.29, 0.717) is 5.92 Å². The first-order valence-corrected chi connectivity index (χ1v) is 8.51. The minimum absolute atomic E-state index is 0.717. The highest BCUT2D eigenvalue weighted by molar-refractivity contribution is 8.02. The number of thioether (sulfide) groups is 2. The Labute approximate surface area is 114 Å². The summed E-state index contributed by atoms with van der Waals surface area (Å²) in [4.78, 5) is 1.39. The van der Waals surface area contributed by atoms with Crippen LogP contribution < -0.4 is 5.32 Å². The molecule has 1 aromatic carbocycles. The third-order valence-electron chi connectivity index (χ3n) is 2.34. The third kappa shape index (κ3) is 7.02. The van der Waals surface area contributed by atoms with E-state index in [-0.39, 0.29) is 0 Å². The van der Waals surface area contributed by atoms with Gasteiger partial charge >= 0.3 is 0 Å². The Morgan fingerprint density at radius 3 is 2.76 bits per heavy atom. The highest BCUT2D eigenvalue weighted by Crippen LogP contribution is 2.19. The molecule has 0 spiro atoms.